The molecule has 0 spiro atoms. The Morgan fingerprint density at radius 1 is 0.931 bits per heavy atom. The molecule has 0 saturated carbocycles. The molecule has 0 radical (unpaired) electrons. The standard InChI is InChI=1S/C23H25ClN2O2S/c1-17(2)19-12-10-18(11-13-19)15-26(16-20-6-3-4-9-23(20)24)21-7-5-8-22(14-21)29(25,27)28/h3-14,17H,15-16H2,1-2H3,(H2,25,27,28). The highest BCUT2D eigenvalue weighted by atomic mass is 35.5. The lowest BCUT2D eigenvalue weighted by molar-refractivity contribution is 0.597. The van der Waals surface area contributed by atoms with Crippen LogP contribution in [0.25, 0.3) is 0 Å². The van der Waals surface area contributed by atoms with Crippen molar-refractivity contribution in [1.29, 1.82) is 0 Å². The molecule has 152 valence electrons. The molecule has 0 aliphatic heterocycles. The number of hydrogen-bond donors (Lipinski definition) is 1. The number of hydrogen-bond acceptors (Lipinski definition) is 3. The Morgan fingerprint density at radius 3 is 2.24 bits per heavy atom. The Balaban J connectivity index is 1.96. The van der Waals surface area contributed by atoms with Gasteiger partial charge in [-0.3, -0.25) is 0 Å². The molecule has 3 rings (SSSR count). The van der Waals surface area contributed by atoms with Gasteiger partial charge in [-0.05, 0) is 46.9 Å². The van der Waals surface area contributed by atoms with E-state index in [4.69, 9.17) is 16.7 Å². The maximum absolute atomic E-state index is 11.8. The minimum atomic E-state index is -3.78. The van der Waals surface area contributed by atoms with Crippen molar-refractivity contribution >= 4 is 27.3 Å². The largest absolute Gasteiger partial charge is 0.363 e. The fourth-order valence-electron chi connectivity index (χ4n) is 3.16. The highest BCUT2D eigenvalue weighted by Crippen LogP contribution is 2.26. The second-order valence-corrected chi connectivity index (χ2v) is 9.35. The van der Waals surface area contributed by atoms with E-state index in [9.17, 15) is 8.42 Å². The molecule has 0 aliphatic rings. The monoisotopic (exact) mass is 428 g/mol. The van der Waals surface area contributed by atoms with E-state index in [0.29, 0.717) is 24.0 Å². The summed E-state index contributed by atoms with van der Waals surface area (Å²) in [6.07, 6.45) is 0. The number of rotatable bonds is 7. The van der Waals surface area contributed by atoms with E-state index in [1.54, 1.807) is 12.1 Å². The average molecular weight is 429 g/mol. The van der Waals surface area contributed by atoms with Crippen LogP contribution in [0.5, 0.6) is 0 Å². The van der Waals surface area contributed by atoms with E-state index in [0.717, 1.165) is 16.8 Å². The second-order valence-electron chi connectivity index (χ2n) is 7.39. The van der Waals surface area contributed by atoms with E-state index in [1.165, 1.54) is 11.6 Å². The average Bonchev–Trinajstić information content (AvgIpc) is 2.69. The molecule has 0 aromatic heterocycles. The minimum Gasteiger partial charge on any atom is -0.363 e. The van der Waals surface area contributed by atoms with Crippen LogP contribution in [0, 0.1) is 0 Å². The van der Waals surface area contributed by atoms with E-state index < -0.39 is 10.0 Å². The lowest BCUT2D eigenvalue weighted by Gasteiger charge is -2.26. The molecular formula is C23H25ClN2O2S. The van der Waals surface area contributed by atoms with E-state index in [2.05, 4.69) is 43.0 Å². The summed E-state index contributed by atoms with van der Waals surface area (Å²) >= 11 is 6.38. The van der Waals surface area contributed by atoms with Gasteiger partial charge >= 0.3 is 0 Å². The lowest BCUT2D eigenvalue weighted by Crippen LogP contribution is -2.23. The second kappa shape index (κ2) is 8.99. The molecule has 0 unspecified atom stereocenters. The zero-order valence-corrected chi connectivity index (χ0v) is 18.1. The number of nitrogens with two attached hydrogens (primary N) is 1. The molecule has 0 bridgehead atoms. The Hall–Kier alpha value is -2.34. The van der Waals surface area contributed by atoms with Gasteiger partial charge in [0.2, 0.25) is 10.0 Å². The van der Waals surface area contributed by atoms with Gasteiger partial charge in [-0.25, -0.2) is 13.6 Å². The Morgan fingerprint density at radius 2 is 1.62 bits per heavy atom. The maximum Gasteiger partial charge on any atom is 0.238 e. The van der Waals surface area contributed by atoms with Gasteiger partial charge in [-0.2, -0.15) is 0 Å². The third-order valence-corrected chi connectivity index (χ3v) is 6.13. The fourth-order valence-corrected chi connectivity index (χ4v) is 3.90. The first kappa shape index (κ1) is 21.4. The molecule has 2 N–H and O–H groups in total. The molecule has 0 amide bonds. The van der Waals surface area contributed by atoms with Crippen LogP contribution in [0.4, 0.5) is 5.69 Å². The van der Waals surface area contributed by atoms with Gasteiger partial charge in [0.15, 0.2) is 0 Å². The van der Waals surface area contributed by atoms with E-state index >= 15 is 0 Å². The van der Waals surface area contributed by atoms with Gasteiger partial charge in [0.25, 0.3) is 0 Å². The molecule has 0 saturated heterocycles. The summed E-state index contributed by atoms with van der Waals surface area (Å²) in [6.45, 7) is 5.48. The molecule has 6 heteroatoms. The van der Waals surface area contributed by atoms with Crippen LogP contribution in [0.2, 0.25) is 5.02 Å². The molecule has 4 nitrogen and oxygen atoms in total. The van der Waals surface area contributed by atoms with Gasteiger partial charge in [-0.1, -0.05) is 74.0 Å². The van der Waals surface area contributed by atoms with Crippen LogP contribution in [0.3, 0.4) is 0 Å². The fraction of sp³-hybridized carbons (Fsp3) is 0.217. The Bertz CT molecular complexity index is 1080. The molecule has 3 aromatic carbocycles. The number of halogens is 1. The van der Waals surface area contributed by atoms with Crippen LogP contribution >= 0.6 is 11.6 Å². The van der Waals surface area contributed by atoms with Crippen molar-refractivity contribution in [2.45, 2.75) is 37.8 Å². The molecule has 0 aliphatic carbocycles. The number of nitrogens with zero attached hydrogens (tertiary/aromatic N) is 1. The molecular weight excluding hydrogens is 404 g/mol. The first-order valence-electron chi connectivity index (χ1n) is 9.44. The van der Waals surface area contributed by atoms with Crippen molar-refractivity contribution in [1.82, 2.24) is 0 Å². The van der Waals surface area contributed by atoms with Gasteiger partial charge in [-0.15, -0.1) is 0 Å². The summed E-state index contributed by atoms with van der Waals surface area (Å²) in [5, 5.41) is 6.01. The Kier molecular flexibility index (Phi) is 6.63. The van der Waals surface area contributed by atoms with Crippen LogP contribution in [0.15, 0.2) is 77.7 Å². The predicted molar refractivity (Wildman–Crippen MR) is 120 cm³/mol. The van der Waals surface area contributed by atoms with Crippen LogP contribution in [-0.4, -0.2) is 8.42 Å². The van der Waals surface area contributed by atoms with Crippen LogP contribution < -0.4 is 10.0 Å². The maximum atomic E-state index is 11.8. The number of sulfonamides is 1. The number of benzene rings is 3. The smallest absolute Gasteiger partial charge is 0.238 e. The van der Waals surface area contributed by atoms with Crippen molar-refractivity contribution in [3.05, 3.63) is 94.5 Å². The van der Waals surface area contributed by atoms with Gasteiger partial charge in [0, 0.05) is 23.8 Å². The van der Waals surface area contributed by atoms with Gasteiger partial charge < -0.3 is 4.90 Å². The Labute approximate surface area is 178 Å². The predicted octanol–water partition coefficient (Wildman–Crippen LogP) is 5.32. The van der Waals surface area contributed by atoms with Gasteiger partial charge in [0.1, 0.15) is 0 Å². The molecule has 0 fully saturated rings. The van der Waals surface area contributed by atoms with Crippen LogP contribution in [0.1, 0.15) is 36.5 Å². The van der Waals surface area contributed by atoms with Crippen molar-refractivity contribution in [3.63, 3.8) is 0 Å². The summed E-state index contributed by atoms with van der Waals surface area (Å²) in [5.41, 5.74) is 4.14. The minimum absolute atomic E-state index is 0.0920. The third-order valence-electron chi connectivity index (χ3n) is 4.85. The van der Waals surface area contributed by atoms with E-state index in [-0.39, 0.29) is 4.90 Å². The molecule has 0 heterocycles. The summed E-state index contributed by atoms with van der Waals surface area (Å²) in [6, 6.07) is 22.8. The van der Waals surface area contributed by atoms with Crippen molar-refractivity contribution in [2.24, 2.45) is 5.14 Å². The van der Waals surface area contributed by atoms with Crippen molar-refractivity contribution in [3.8, 4) is 0 Å². The highest BCUT2D eigenvalue weighted by molar-refractivity contribution is 7.89. The first-order valence-corrected chi connectivity index (χ1v) is 11.4. The topological polar surface area (TPSA) is 63.4 Å². The molecule has 29 heavy (non-hydrogen) atoms. The molecule has 3 aromatic rings. The van der Waals surface area contributed by atoms with Crippen LogP contribution in [-0.2, 0) is 23.1 Å². The zero-order valence-electron chi connectivity index (χ0n) is 16.5. The molecule has 0 atom stereocenters. The quantitative estimate of drug-likeness (QED) is 0.554. The zero-order chi connectivity index (χ0) is 21.0. The highest BCUT2D eigenvalue weighted by Gasteiger charge is 2.14. The summed E-state index contributed by atoms with van der Waals surface area (Å²) < 4.78 is 23.6. The number of anilines is 1. The first-order chi connectivity index (χ1) is 13.7. The number of primary sulfonamides is 1. The van der Waals surface area contributed by atoms with Crippen molar-refractivity contribution < 1.29 is 8.42 Å². The summed E-state index contributed by atoms with van der Waals surface area (Å²) in [4.78, 5) is 2.19. The summed E-state index contributed by atoms with van der Waals surface area (Å²) in [7, 11) is -3.78. The normalized spacial score (nSPS) is 11.6. The van der Waals surface area contributed by atoms with Gasteiger partial charge in [0.05, 0.1) is 4.90 Å². The summed E-state index contributed by atoms with van der Waals surface area (Å²) in [5.74, 6) is 0.467. The third kappa shape index (κ3) is 5.60. The van der Waals surface area contributed by atoms with Crippen molar-refractivity contribution in [2.75, 3.05) is 4.90 Å². The SMILES string of the molecule is CC(C)c1ccc(CN(Cc2ccccc2Cl)c2cccc(S(N)(=O)=O)c2)cc1. The lowest BCUT2D eigenvalue weighted by atomic mass is 10.0. The van der Waals surface area contributed by atoms with E-state index in [1.807, 2.05) is 30.3 Å².